The molecule has 2 rings (SSSR count). The van der Waals surface area contributed by atoms with E-state index in [1.54, 1.807) is 6.20 Å². The van der Waals surface area contributed by atoms with E-state index in [1.165, 1.54) is 12.8 Å². The van der Waals surface area contributed by atoms with E-state index in [1.807, 2.05) is 26.0 Å². The van der Waals surface area contributed by atoms with Gasteiger partial charge in [0, 0.05) is 23.5 Å². The van der Waals surface area contributed by atoms with Crippen molar-refractivity contribution in [1.29, 1.82) is 0 Å². The van der Waals surface area contributed by atoms with Crippen LogP contribution in [0.3, 0.4) is 0 Å². The Labute approximate surface area is 101 Å². The minimum Gasteiger partial charge on any atom is -0.365 e. The Bertz CT molecular complexity index is 493. The predicted molar refractivity (Wildman–Crippen MR) is 68.7 cm³/mol. The SMILES string of the molecule is CC=C/C(=N\c1c(C(N)=O)c[nH]c1C)C1CC1. The summed E-state index contributed by atoms with van der Waals surface area (Å²) in [6, 6.07) is 0. The van der Waals surface area contributed by atoms with E-state index in [9.17, 15) is 4.79 Å². The third-order valence-corrected chi connectivity index (χ3v) is 2.88. The van der Waals surface area contributed by atoms with Crippen LogP contribution in [-0.4, -0.2) is 16.6 Å². The van der Waals surface area contributed by atoms with Crippen molar-refractivity contribution in [2.24, 2.45) is 16.6 Å². The Hall–Kier alpha value is -1.84. The molecule has 0 unspecified atom stereocenters. The van der Waals surface area contributed by atoms with Gasteiger partial charge in [0.2, 0.25) is 0 Å². The molecule has 1 heterocycles. The van der Waals surface area contributed by atoms with E-state index in [2.05, 4.69) is 9.98 Å². The largest absolute Gasteiger partial charge is 0.365 e. The Balaban J connectivity index is 2.41. The van der Waals surface area contributed by atoms with Crippen LogP contribution in [0.25, 0.3) is 0 Å². The molecular weight excluding hydrogens is 214 g/mol. The topological polar surface area (TPSA) is 71.2 Å². The summed E-state index contributed by atoms with van der Waals surface area (Å²) in [5.74, 6) is 0.102. The lowest BCUT2D eigenvalue weighted by molar-refractivity contribution is 0.100. The van der Waals surface area contributed by atoms with Crippen LogP contribution in [-0.2, 0) is 0 Å². The third kappa shape index (κ3) is 2.46. The number of aliphatic imine (C=N–C) groups is 1. The van der Waals surface area contributed by atoms with Gasteiger partial charge in [-0.15, -0.1) is 0 Å². The molecule has 90 valence electrons. The molecule has 1 fully saturated rings. The minimum atomic E-state index is -0.441. The van der Waals surface area contributed by atoms with Crippen molar-refractivity contribution in [2.75, 3.05) is 0 Å². The highest BCUT2D eigenvalue weighted by Crippen LogP contribution is 2.34. The number of allylic oxidation sites excluding steroid dienone is 2. The number of nitrogens with zero attached hydrogens (tertiary/aromatic N) is 1. The van der Waals surface area contributed by atoms with Crippen LogP contribution in [0.4, 0.5) is 5.69 Å². The van der Waals surface area contributed by atoms with Crippen molar-refractivity contribution in [3.05, 3.63) is 29.6 Å². The van der Waals surface area contributed by atoms with Gasteiger partial charge in [0.1, 0.15) is 0 Å². The number of carbonyl (C=O) groups excluding carboxylic acids is 1. The molecule has 1 saturated carbocycles. The first-order valence-electron chi connectivity index (χ1n) is 5.82. The fourth-order valence-electron chi connectivity index (χ4n) is 1.79. The third-order valence-electron chi connectivity index (χ3n) is 2.88. The van der Waals surface area contributed by atoms with Crippen LogP contribution in [0.1, 0.15) is 35.8 Å². The summed E-state index contributed by atoms with van der Waals surface area (Å²) >= 11 is 0. The number of H-pyrrole nitrogens is 1. The lowest BCUT2D eigenvalue weighted by Crippen LogP contribution is -2.10. The highest BCUT2D eigenvalue weighted by atomic mass is 16.1. The maximum absolute atomic E-state index is 11.3. The van der Waals surface area contributed by atoms with Crippen LogP contribution in [0.15, 0.2) is 23.3 Å². The maximum atomic E-state index is 11.3. The van der Waals surface area contributed by atoms with Crippen molar-refractivity contribution in [3.8, 4) is 0 Å². The quantitative estimate of drug-likeness (QED) is 0.768. The molecule has 0 bridgehead atoms. The standard InChI is InChI=1S/C13H17N3O/c1-3-4-11(9-5-6-9)16-12-8(2)15-7-10(12)13(14)17/h3-4,7,9,15H,5-6H2,1-2H3,(H2,14,17)/b4-3?,16-11+. The van der Waals surface area contributed by atoms with Gasteiger partial charge in [-0.1, -0.05) is 6.08 Å². The molecule has 1 aliphatic carbocycles. The first-order valence-corrected chi connectivity index (χ1v) is 5.82. The van der Waals surface area contributed by atoms with Gasteiger partial charge in [0.05, 0.1) is 11.3 Å². The van der Waals surface area contributed by atoms with Crippen LogP contribution >= 0.6 is 0 Å². The fourth-order valence-corrected chi connectivity index (χ4v) is 1.79. The molecule has 0 atom stereocenters. The molecule has 17 heavy (non-hydrogen) atoms. The summed E-state index contributed by atoms with van der Waals surface area (Å²) < 4.78 is 0. The Morgan fingerprint density at radius 2 is 2.29 bits per heavy atom. The zero-order valence-corrected chi connectivity index (χ0v) is 10.2. The highest BCUT2D eigenvalue weighted by Gasteiger charge is 2.26. The Kier molecular flexibility index (Phi) is 3.13. The van der Waals surface area contributed by atoms with Gasteiger partial charge in [-0.25, -0.2) is 0 Å². The number of rotatable bonds is 4. The Morgan fingerprint density at radius 1 is 1.59 bits per heavy atom. The second-order valence-electron chi connectivity index (χ2n) is 4.35. The van der Waals surface area contributed by atoms with Gasteiger partial charge >= 0.3 is 0 Å². The molecule has 1 aromatic rings. The summed E-state index contributed by atoms with van der Waals surface area (Å²) in [7, 11) is 0. The molecule has 1 aromatic heterocycles. The zero-order valence-electron chi connectivity index (χ0n) is 10.2. The van der Waals surface area contributed by atoms with E-state index in [0.717, 1.165) is 11.4 Å². The average molecular weight is 231 g/mol. The minimum absolute atomic E-state index is 0.441. The van der Waals surface area contributed by atoms with E-state index < -0.39 is 5.91 Å². The van der Waals surface area contributed by atoms with Crippen LogP contribution in [0, 0.1) is 12.8 Å². The predicted octanol–water partition coefficient (Wildman–Crippen LogP) is 2.48. The fraction of sp³-hybridized carbons (Fsp3) is 0.385. The van der Waals surface area contributed by atoms with Gasteiger partial charge in [-0.3, -0.25) is 9.79 Å². The number of aromatic nitrogens is 1. The molecule has 4 nitrogen and oxygen atoms in total. The van der Waals surface area contributed by atoms with Crippen molar-refractivity contribution < 1.29 is 4.79 Å². The van der Waals surface area contributed by atoms with E-state index >= 15 is 0 Å². The number of hydrogen-bond donors (Lipinski definition) is 2. The number of aromatic amines is 1. The smallest absolute Gasteiger partial charge is 0.252 e. The lowest BCUT2D eigenvalue weighted by Gasteiger charge is -2.01. The van der Waals surface area contributed by atoms with E-state index in [-0.39, 0.29) is 0 Å². The molecule has 4 heteroatoms. The van der Waals surface area contributed by atoms with Gasteiger partial charge in [0.15, 0.2) is 0 Å². The molecule has 0 aliphatic heterocycles. The maximum Gasteiger partial charge on any atom is 0.252 e. The number of primary amides is 1. The summed E-state index contributed by atoms with van der Waals surface area (Å²) in [6.07, 6.45) is 7.96. The lowest BCUT2D eigenvalue weighted by atomic mass is 10.2. The molecule has 0 spiro atoms. The number of hydrogen-bond acceptors (Lipinski definition) is 2. The monoisotopic (exact) mass is 231 g/mol. The van der Waals surface area contributed by atoms with Crippen LogP contribution in [0.2, 0.25) is 0 Å². The van der Waals surface area contributed by atoms with Crippen LogP contribution < -0.4 is 5.73 Å². The van der Waals surface area contributed by atoms with E-state index in [4.69, 9.17) is 5.73 Å². The zero-order chi connectivity index (χ0) is 12.4. The molecule has 3 N–H and O–H groups in total. The van der Waals surface area contributed by atoms with Gasteiger partial charge in [-0.05, 0) is 32.8 Å². The molecule has 0 saturated heterocycles. The van der Waals surface area contributed by atoms with Crippen molar-refractivity contribution in [3.63, 3.8) is 0 Å². The summed E-state index contributed by atoms with van der Waals surface area (Å²) in [4.78, 5) is 18.9. The number of nitrogens with two attached hydrogens (primary N) is 1. The highest BCUT2D eigenvalue weighted by molar-refractivity contribution is 6.04. The molecule has 1 aliphatic rings. The molecular formula is C13H17N3O. The summed E-state index contributed by atoms with van der Waals surface area (Å²) in [5.41, 5.74) is 8.38. The van der Waals surface area contributed by atoms with Crippen LogP contribution in [0.5, 0.6) is 0 Å². The van der Waals surface area contributed by atoms with Crippen molar-refractivity contribution >= 4 is 17.3 Å². The van der Waals surface area contributed by atoms with Gasteiger partial charge in [0.25, 0.3) is 5.91 Å². The molecule has 0 aromatic carbocycles. The van der Waals surface area contributed by atoms with E-state index in [0.29, 0.717) is 17.2 Å². The first-order chi connectivity index (χ1) is 8.13. The van der Waals surface area contributed by atoms with Crippen molar-refractivity contribution in [2.45, 2.75) is 26.7 Å². The van der Waals surface area contributed by atoms with Gasteiger partial charge < -0.3 is 10.7 Å². The van der Waals surface area contributed by atoms with Crippen molar-refractivity contribution in [1.82, 2.24) is 4.98 Å². The normalized spacial score (nSPS) is 16.7. The Morgan fingerprint density at radius 3 is 2.82 bits per heavy atom. The number of carbonyl (C=O) groups is 1. The summed E-state index contributed by atoms with van der Waals surface area (Å²) in [6.45, 7) is 3.86. The molecule has 0 radical (unpaired) electrons. The second-order valence-corrected chi connectivity index (χ2v) is 4.35. The average Bonchev–Trinajstić information content (AvgIpc) is 3.04. The number of amides is 1. The van der Waals surface area contributed by atoms with Gasteiger partial charge in [-0.2, -0.15) is 0 Å². The molecule has 1 amide bonds. The first kappa shape index (κ1) is 11.6. The summed E-state index contributed by atoms with van der Waals surface area (Å²) in [5, 5.41) is 0. The number of aryl methyl sites for hydroxylation is 1. The number of nitrogens with one attached hydrogen (secondary N) is 1. The second kappa shape index (κ2) is 4.57.